The summed E-state index contributed by atoms with van der Waals surface area (Å²) < 4.78 is 36.8. The number of nitrogens with one attached hydrogen (secondary N) is 1. The molecule has 5 N–H and O–H groups in total. The number of fused-ring (bicyclic) bond motifs is 2. The largest absolute Gasteiger partial charge is 0.379 e. The molecule has 228 valence electrons. The molecule has 0 bridgehead atoms. The number of anilines is 1. The third kappa shape index (κ3) is 8.67. The Morgan fingerprint density at radius 3 is 2.07 bits per heavy atom. The molecule has 2 aliphatic rings. The van der Waals surface area contributed by atoms with Gasteiger partial charge in [0.15, 0.2) is 0 Å². The van der Waals surface area contributed by atoms with Crippen LogP contribution in [-0.2, 0) is 9.47 Å². The Morgan fingerprint density at radius 1 is 0.857 bits per heavy atom. The number of pyridine rings is 2. The zero-order chi connectivity index (χ0) is 29.4. The average Bonchev–Trinajstić information content (AvgIpc) is 2.98. The predicted molar refractivity (Wildman–Crippen MR) is 168 cm³/mol. The van der Waals surface area contributed by atoms with E-state index in [2.05, 4.69) is 20.2 Å². The molecule has 2 aromatic heterocycles. The summed E-state index contributed by atoms with van der Waals surface area (Å²) in [6.07, 6.45) is 5.42. The maximum absolute atomic E-state index is 13.5. The summed E-state index contributed by atoms with van der Waals surface area (Å²) in [7, 11) is 3.38. The van der Waals surface area contributed by atoms with E-state index in [-0.39, 0.29) is 48.3 Å². The fourth-order valence-corrected chi connectivity index (χ4v) is 5.19. The van der Waals surface area contributed by atoms with Crippen molar-refractivity contribution in [3.63, 3.8) is 0 Å². The summed E-state index contributed by atoms with van der Waals surface area (Å²) >= 11 is 5.75. The van der Waals surface area contributed by atoms with Crippen LogP contribution in [0.15, 0.2) is 60.9 Å². The molecule has 4 atom stereocenters. The zero-order valence-electron chi connectivity index (χ0n) is 23.7. The van der Waals surface area contributed by atoms with E-state index < -0.39 is 0 Å². The number of rotatable bonds is 3. The fraction of sp³-hybridized carbons (Fsp3) is 0.400. The molecule has 0 spiro atoms. The second kappa shape index (κ2) is 16.2. The van der Waals surface area contributed by atoms with Crippen LogP contribution in [-0.4, -0.2) is 74.7 Å². The molecule has 4 unspecified atom stereocenters. The van der Waals surface area contributed by atoms with Gasteiger partial charge in [-0.25, -0.2) is 18.7 Å². The number of piperidine rings is 2. The fourth-order valence-electron chi connectivity index (χ4n) is 4.97. The maximum atomic E-state index is 13.5. The number of methoxy groups -OCH3 is 2. The third-order valence-electron chi connectivity index (χ3n) is 7.38. The molecule has 0 saturated carbocycles. The summed E-state index contributed by atoms with van der Waals surface area (Å²) in [4.78, 5) is 10.4. The molecule has 2 aliphatic heterocycles. The quantitative estimate of drug-likeness (QED) is 0.282. The number of nitrogens with zero attached hydrogens (tertiary/aromatic N) is 3. The minimum atomic E-state index is -0.294. The van der Waals surface area contributed by atoms with Crippen molar-refractivity contribution in [2.45, 2.75) is 37.1 Å². The number of aromatic nitrogens is 2. The van der Waals surface area contributed by atoms with E-state index in [1.807, 2.05) is 6.07 Å². The molecule has 8 nitrogen and oxygen atoms in total. The van der Waals surface area contributed by atoms with E-state index in [0.29, 0.717) is 17.1 Å². The van der Waals surface area contributed by atoms with Gasteiger partial charge in [0.1, 0.15) is 22.6 Å². The van der Waals surface area contributed by atoms with Crippen molar-refractivity contribution >= 4 is 51.4 Å². The van der Waals surface area contributed by atoms with Gasteiger partial charge in [-0.15, -0.1) is 12.4 Å². The Kier molecular flexibility index (Phi) is 13.1. The predicted octanol–water partition coefficient (Wildman–Crippen LogP) is 4.70. The number of benzene rings is 2. The molecular formula is C30H38Cl2F2N6O2. The van der Waals surface area contributed by atoms with Crippen molar-refractivity contribution in [1.29, 1.82) is 0 Å². The number of halogens is 4. The highest BCUT2D eigenvalue weighted by Crippen LogP contribution is 2.28. The first kappa shape index (κ1) is 33.8. The molecule has 2 saturated heterocycles. The number of hydrogen-bond acceptors (Lipinski definition) is 8. The van der Waals surface area contributed by atoms with E-state index in [0.717, 1.165) is 54.5 Å². The molecule has 4 aromatic rings. The van der Waals surface area contributed by atoms with Crippen molar-refractivity contribution in [3.05, 3.63) is 77.7 Å². The Balaban J connectivity index is 0.000000188. The first-order valence-electron chi connectivity index (χ1n) is 13.6. The Morgan fingerprint density at radius 2 is 1.45 bits per heavy atom. The standard InChI is InChI=1S/C15H18FN3O.C9H5ClFN.C6H14N2O.ClH/c1-20-14-9-19(7-5-13(14)17)15-12-8-11(16)3-2-10(12)4-6-18-15;10-9-8-5-7(11)2-1-6(8)3-4-12-9;1-9-6-4-8-3-2-5(6)7;/h2-4,6,8,13-14H,5,7,9,17H2,1H3;1-5H;5-6,8H,2-4,7H2,1H3;1H. The molecule has 42 heavy (non-hydrogen) atoms. The smallest absolute Gasteiger partial charge is 0.136 e. The van der Waals surface area contributed by atoms with E-state index >= 15 is 0 Å². The summed E-state index contributed by atoms with van der Waals surface area (Å²) in [5, 5.41) is 6.92. The third-order valence-corrected chi connectivity index (χ3v) is 7.68. The monoisotopic (exact) mass is 622 g/mol. The molecule has 0 radical (unpaired) electrons. The normalized spacial score (nSPS) is 21.9. The Bertz CT molecular complexity index is 1440. The second-order valence-corrected chi connectivity index (χ2v) is 10.4. The lowest BCUT2D eigenvalue weighted by Crippen LogP contribution is -2.51. The molecule has 2 fully saturated rings. The van der Waals surface area contributed by atoms with Gasteiger partial charge in [0.25, 0.3) is 0 Å². The minimum Gasteiger partial charge on any atom is -0.379 e. The van der Waals surface area contributed by atoms with Crippen molar-refractivity contribution < 1.29 is 18.3 Å². The molecule has 0 amide bonds. The zero-order valence-corrected chi connectivity index (χ0v) is 25.3. The SMILES string of the molecule is COC1CN(c2nccc3ccc(F)cc23)CCC1N.COC1CNCCC1N.Cl.Fc1ccc2ccnc(Cl)c2c1. The highest BCUT2D eigenvalue weighted by atomic mass is 35.5. The van der Waals surface area contributed by atoms with E-state index in [9.17, 15) is 8.78 Å². The van der Waals surface area contributed by atoms with Crippen LogP contribution in [0.3, 0.4) is 0 Å². The average molecular weight is 624 g/mol. The number of hydrogen-bond donors (Lipinski definition) is 3. The molecule has 0 aliphatic carbocycles. The van der Waals surface area contributed by atoms with Crippen LogP contribution in [0.5, 0.6) is 0 Å². The van der Waals surface area contributed by atoms with Gasteiger partial charge in [0, 0.05) is 69.1 Å². The van der Waals surface area contributed by atoms with Crippen molar-refractivity contribution in [3.8, 4) is 0 Å². The molecule has 12 heteroatoms. The Hall–Kier alpha value is -2.70. The van der Waals surface area contributed by atoms with Crippen LogP contribution < -0.4 is 21.7 Å². The maximum Gasteiger partial charge on any atom is 0.136 e. The van der Waals surface area contributed by atoms with Crippen molar-refractivity contribution in [1.82, 2.24) is 15.3 Å². The van der Waals surface area contributed by atoms with E-state index in [4.69, 9.17) is 32.5 Å². The molecule has 2 aromatic carbocycles. The molecular weight excluding hydrogens is 585 g/mol. The van der Waals surface area contributed by atoms with Crippen molar-refractivity contribution in [2.75, 3.05) is 45.3 Å². The van der Waals surface area contributed by atoms with Gasteiger partial charge in [-0.3, -0.25) is 0 Å². The number of ether oxygens (including phenoxy) is 2. The van der Waals surface area contributed by atoms with Crippen LogP contribution in [0.25, 0.3) is 21.5 Å². The van der Waals surface area contributed by atoms with Gasteiger partial charge in [0.05, 0.1) is 12.2 Å². The first-order valence-corrected chi connectivity index (χ1v) is 13.9. The van der Waals surface area contributed by atoms with Gasteiger partial charge in [-0.1, -0.05) is 23.7 Å². The van der Waals surface area contributed by atoms with Gasteiger partial charge < -0.3 is 31.2 Å². The lowest BCUT2D eigenvalue weighted by Gasteiger charge is -2.37. The van der Waals surface area contributed by atoms with Crippen LogP contribution in [0.2, 0.25) is 5.15 Å². The lowest BCUT2D eigenvalue weighted by molar-refractivity contribution is 0.0646. The molecule has 4 heterocycles. The summed E-state index contributed by atoms with van der Waals surface area (Å²) in [5.74, 6) is 0.261. The minimum absolute atomic E-state index is 0. The van der Waals surface area contributed by atoms with Crippen LogP contribution in [0, 0.1) is 11.6 Å². The Labute approximate surface area is 256 Å². The van der Waals surface area contributed by atoms with Gasteiger partial charge in [0.2, 0.25) is 0 Å². The van der Waals surface area contributed by atoms with Crippen molar-refractivity contribution in [2.24, 2.45) is 11.5 Å². The summed E-state index contributed by atoms with van der Waals surface area (Å²) in [6, 6.07) is 13.2. The topological polar surface area (TPSA) is 112 Å². The number of nitrogens with two attached hydrogens (primary N) is 2. The van der Waals surface area contributed by atoms with E-state index in [1.165, 1.54) is 24.3 Å². The van der Waals surface area contributed by atoms with Crippen LogP contribution in [0.4, 0.5) is 14.6 Å². The highest BCUT2D eigenvalue weighted by Gasteiger charge is 2.28. The van der Waals surface area contributed by atoms with Gasteiger partial charge >= 0.3 is 0 Å². The first-order chi connectivity index (χ1) is 19.8. The molecule has 6 rings (SSSR count). The van der Waals surface area contributed by atoms with Gasteiger partial charge in [-0.2, -0.15) is 0 Å². The van der Waals surface area contributed by atoms with Crippen LogP contribution >= 0.6 is 24.0 Å². The van der Waals surface area contributed by atoms with Crippen LogP contribution in [0.1, 0.15) is 12.8 Å². The van der Waals surface area contributed by atoms with Gasteiger partial charge in [-0.05, 0) is 66.6 Å². The highest BCUT2D eigenvalue weighted by molar-refractivity contribution is 6.34. The second-order valence-electron chi connectivity index (χ2n) is 10.1. The van der Waals surface area contributed by atoms with E-state index in [1.54, 1.807) is 44.8 Å². The summed E-state index contributed by atoms with van der Waals surface area (Å²) in [6.45, 7) is 3.42. The lowest BCUT2D eigenvalue weighted by atomic mass is 10.0. The summed E-state index contributed by atoms with van der Waals surface area (Å²) in [5.41, 5.74) is 11.8.